The molecule has 39 heavy (non-hydrogen) atoms. The van der Waals surface area contributed by atoms with E-state index in [0.29, 0.717) is 12.8 Å². The SMILES string of the molecule is Cc1ccc(S(=O)(=O)Oc2cc(=O)n(C)c3c2c(=O)n(C2CC2)c(=O)n3-c2cccc(NS(C)(=O)=O)c2)cc1. The van der Waals surface area contributed by atoms with Crippen LogP contribution in [-0.4, -0.2) is 36.8 Å². The van der Waals surface area contributed by atoms with Gasteiger partial charge in [-0.15, -0.1) is 0 Å². The van der Waals surface area contributed by atoms with Gasteiger partial charge in [-0.3, -0.25) is 23.4 Å². The third kappa shape index (κ3) is 5.00. The van der Waals surface area contributed by atoms with Gasteiger partial charge in [0.2, 0.25) is 10.0 Å². The van der Waals surface area contributed by atoms with Crippen molar-refractivity contribution in [3.05, 3.63) is 91.4 Å². The van der Waals surface area contributed by atoms with Gasteiger partial charge in [0.05, 0.1) is 17.6 Å². The topological polar surface area (TPSA) is 156 Å². The van der Waals surface area contributed by atoms with E-state index in [1.807, 2.05) is 0 Å². The van der Waals surface area contributed by atoms with Gasteiger partial charge in [0, 0.05) is 19.2 Å². The number of nitrogens with zero attached hydrogens (tertiary/aromatic N) is 3. The molecule has 0 bridgehead atoms. The first-order chi connectivity index (χ1) is 18.3. The highest BCUT2D eigenvalue weighted by Crippen LogP contribution is 2.34. The van der Waals surface area contributed by atoms with E-state index < -0.39 is 48.7 Å². The fourth-order valence-electron chi connectivity index (χ4n) is 4.28. The Bertz CT molecular complexity index is 2040. The molecule has 5 rings (SSSR count). The van der Waals surface area contributed by atoms with Crippen molar-refractivity contribution in [1.82, 2.24) is 13.7 Å². The molecule has 0 unspecified atom stereocenters. The number of sulfonamides is 1. The van der Waals surface area contributed by atoms with Crippen LogP contribution in [0.15, 0.2) is 73.9 Å². The van der Waals surface area contributed by atoms with Crippen LogP contribution in [0.1, 0.15) is 24.4 Å². The van der Waals surface area contributed by atoms with Crippen molar-refractivity contribution in [3.8, 4) is 11.4 Å². The van der Waals surface area contributed by atoms with Crippen molar-refractivity contribution < 1.29 is 21.0 Å². The highest BCUT2D eigenvalue weighted by Gasteiger charge is 2.32. The molecule has 14 heteroatoms. The molecule has 1 aliphatic rings. The minimum absolute atomic E-state index is 0.138. The summed E-state index contributed by atoms with van der Waals surface area (Å²) in [5.41, 5.74) is -1.42. The molecular weight excluding hydrogens is 548 g/mol. The van der Waals surface area contributed by atoms with Crippen molar-refractivity contribution in [2.45, 2.75) is 30.7 Å². The molecule has 1 aliphatic carbocycles. The van der Waals surface area contributed by atoms with E-state index >= 15 is 0 Å². The Labute approximate surface area is 222 Å². The Kier molecular flexibility index (Phi) is 6.26. The quantitative estimate of drug-likeness (QED) is 0.328. The fourth-order valence-corrected chi connectivity index (χ4v) is 5.77. The first-order valence-electron chi connectivity index (χ1n) is 11.8. The average molecular weight is 573 g/mol. The Morgan fingerprint density at radius 1 is 0.949 bits per heavy atom. The smallest absolute Gasteiger partial charge is 0.339 e. The van der Waals surface area contributed by atoms with Gasteiger partial charge in [-0.2, -0.15) is 8.42 Å². The summed E-state index contributed by atoms with van der Waals surface area (Å²) >= 11 is 0. The van der Waals surface area contributed by atoms with Crippen LogP contribution in [0.4, 0.5) is 5.69 Å². The lowest BCUT2D eigenvalue weighted by Gasteiger charge is -2.18. The van der Waals surface area contributed by atoms with Gasteiger partial charge in [-0.25, -0.2) is 17.8 Å². The number of aryl methyl sites for hydroxylation is 2. The highest BCUT2D eigenvalue weighted by atomic mass is 32.2. The molecule has 0 radical (unpaired) electrons. The Morgan fingerprint density at radius 2 is 1.62 bits per heavy atom. The minimum Gasteiger partial charge on any atom is -0.378 e. The van der Waals surface area contributed by atoms with Gasteiger partial charge in [0.15, 0.2) is 5.75 Å². The standard InChI is InChI=1S/C25H24N4O8S2/c1-15-7-11-19(12-8-15)39(35,36)37-20-14-21(30)27(2)23-22(20)24(31)29(17-9-10-17)25(32)28(23)18-6-4-5-16(13-18)26-38(3,33)34/h4-8,11-14,17,26H,9-10H2,1-3H3. The molecule has 0 amide bonds. The fraction of sp³-hybridized carbons (Fsp3) is 0.240. The van der Waals surface area contributed by atoms with Crippen LogP contribution >= 0.6 is 0 Å². The Morgan fingerprint density at radius 3 is 2.23 bits per heavy atom. The summed E-state index contributed by atoms with van der Waals surface area (Å²) in [6.45, 7) is 1.78. The molecule has 4 aromatic rings. The largest absolute Gasteiger partial charge is 0.378 e. The van der Waals surface area contributed by atoms with E-state index in [1.54, 1.807) is 19.1 Å². The molecule has 1 N–H and O–H groups in total. The zero-order valence-electron chi connectivity index (χ0n) is 21.1. The Hall–Kier alpha value is -4.17. The number of anilines is 1. The monoisotopic (exact) mass is 572 g/mol. The zero-order valence-corrected chi connectivity index (χ0v) is 22.7. The van der Waals surface area contributed by atoms with E-state index in [4.69, 9.17) is 4.18 Å². The van der Waals surface area contributed by atoms with Crippen LogP contribution in [-0.2, 0) is 27.2 Å². The van der Waals surface area contributed by atoms with E-state index in [2.05, 4.69) is 4.72 Å². The first-order valence-corrected chi connectivity index (χ1v) is 15.1. The molecule has 2 heterocycles. The van der Waals surface area contributed by atoms with Crippen molar-refractivity contribution in [2.75, 3.05) is 11.0 Å². The van der Waals surface area contributed by atoms with Crippen LogP contribution < -0.4 is 25.7 Å². The lowest BCUT2D eigenvalue weighted by molar-refractivity contribution is 0.486. The molecule has 0 spiro atoms. The van der Waals surface area contributed by atoms with Crippen molar-refractivity contribution >= 4 is 36.9 Å². The summed E-state index contributed by atoms with van der Waals surface area (Å²) in [5.74, 6) is -0.521. The van der Waals surface area contributed by atoms with Crippen molar-refractivity contribution in [3.63, 3.8) is 0 Å². The van der Waals surface area contributed by atoms with Gasteiger partial charge in [-0.1, -0.05) is 23.8 Å². The van der Waals surface area contributed by atoms with E-state index in [-0.39, 0.29) is 27.3 Å². The summed E-state index contributed by atoms with van der Waals surface area (Å²) in [4.78, 5) is 40.2. The van der Waals surface area contributed by atoms with Crippen molar-refractivity contribution in [2.24, 2.45) is 7.05 Å². The van der Waals surface area contributed by atoms with Crippen LogP contribution in [0, 0.1) is 6.92 Å². The lowest BCUT2D eigenvalue weighted by atomic mass is 10.2. The number of rotatable bonds is 7. The number of hydrogen-bond acceptors (Lipinski definition) is 8. The lowest BCUT2D eigenvalue weighted by Crippen LogP contribution is -2.41. The van der Waals surface area contributed by atoms with Crippen LogP contribution in [0.3, 0.4) is 0 Å². The Balaban J connectivity index is 1.84. The third-order valence-corrected chi connectivity index (χ3v) is 8.10. The maximum Gasteiger partial charge on any atom is 0.339 e. The average Bonchev–Trinajstić information content (AvgIpc) is 3.66. The maximum absolute atomic E-state index is 13.7. The number of fused-ring (bicyclic) bond motifs is 1. The molecule has 2 aromatic heterocycles. The predicted molar refractivity (Wildman–Crippen MR) is 145 cm³/mol. The molecule has 12 nitrogen and oxygen atoms in total. The summed E-state index contributed by atoms with van der Waals surface area (Å²) in [5, 5.41) is -0.291. The second-order valence-corrected chi connectivity index (χ2v) is 12.7. The normalized spacial score (nSPS) is 13.9. The number of pyridine rings is 1. The summed E-state index contributed by atoms with van der Waals surface area (Å²) in [7, 11) is -6.78. The van der Waals surface area contributed by atoms with Gasteiger partial charge < -0.3 is 4.18 Å². The molecule has 0 aliphatic heterocycles. The van der Waals surface area contributed by atoms with Gasteiger partial charge in [0.1, 0.15) is 15.9 Å². The number of benzene rings is 2. The second kappa shape index (κ2) is 9.24. The van der Waals surface area contributed by atoms with Gasteiger partial charge >= 0.3 is 15.8 Å². The minimum atomic E-state index is -4.46. The molecule has 1 saturated carbocycles. The van der Waals surface area contributed by atoms with Gasteiger partial charge in [-0.05, 0) is 50.1 Å². The number of nitrogens with one attached hydrogen (secondary N) is 1. The van der Waals surface area contributed by atoms with Gasteiger partial charge in [0.25, 0.3) is 11.1 Å². The molecule has 0 atom stereocenters. The molecular formula is C25H24N4O8S2. The number of aromatic nitrogens is 3. The van der Waals surface area contributed by atoms with Crippen LogP contribution in [0.2, 0.25) is 0 Å². The second-order valence-electron chi connectivity index (χ2n) is 9.40. The predicted octanol–water partition coefficient (Wildman–Crippen LogP) is 1.63. The van der Waals surface area contributed by atoms with Crippen molar-refractivity contribution in [1.29, 1.82) is 0 Å². The van der Waals surface area contributed by atoms with E-state index in [9.17, 15) is 31.2 Å². The van der Waals surface area contributed by atoms with Crippen LogP contribution in [0.25, 0.3) is 16.7 Å². The summed E-state index contributed by atoms with van der Waals surface area (Å²) in [6, 6.07) is 12.1. The molecule has 2 aromatic carbocycles. The maximum atomic E-state index is 13.7. The number of hydrogen-bond donors (Lipinski definition) is 1. The zero-order chi connectivity index (χ0) is 28.3. The molecule has 0 saturated heterocycles. The third-order valence-electron chi connectivity index (χ3n) is 6.24. The molecule has 204 valence electrons. The highest BCUT2D eigenvalue weighted by molar-refractivity contribution is 7.92. The van der Waals surface area contributed by atoms with Crippen LogP contribution in [0.5, 0.6) is 5.75 Å². The summed E-state index contributed by atoms with van der Waals surface area (Å²) in [6.07, 6.45) is 2.08. The van der Waals surface area contributed by atoms with E-state index in [0.717, 1.165) is 31.6 Å². The summed E-state index contributed by atoms with van der Waals surface area (Å²) < 4.78 is 60.7. The first kappa shape index (κ1) is 26.4. The van der Waals surface area contributed by atoms with E-state index in [1.165, 1.54) is 43.4 Å². The molecule has 1 fully saturated rings.